The van der Waals surface area contributed by atoms with Crippen LogP contribution >= 0.6 is 22.6 Å². The molecule has 3 aromatic carbocycles. The zero-order valence-electron chi connectivity index (χ0n) is 21.1. The second-order valence-corrected chi connectivity index (χ2v) is 10.2. The third kappa shape index (κ3) is 5.91. The molecule has 1 fully saturated rings. The van der Waals surface area contributed by atoms with E-state index in [0.717, 1.165) is 26.1 Å². The largest absolute Gasteiger partial charge is 0.497 e. The Hall–Kier alpha value is -3.90. The molecule has 0 aliphatic carbocycles. The van der Waals surface area contributed by atoms with E-state index in [-0.39, 0.29) is 19.1 Å². The fraction of sp³-hybridized carbons (Fsp3) is 0.207. The molecule has 0 unspecified atom stereocenters. The van der Waals surface area contributed by atoms with Gasteiger partial charge in [-0.2, -0.15) is 0 Å². The van der Waals surface area contributed by atoms with Crippen molar-refractivity contribution in [3.63, 3.8) is 0 Å². The van der Waals surface area contributed by atoms with Gasteiger partial charge in [-0.25, -0.2) is 9.78 Å². The van der Waals surface area contributed by atoms with E-state index >= 15 is 0 Å². The third-order valence-corrected chi connectivity index (χ3v) is 7.23. The smallest absolute Gasteiger partial charge is 0.325 e. The molecule has 3 N–H and O–H groups in total. The molecule has 0 bridgehead atoms. The average molecular weight is 638 g/mol. The van der Waals surface area contributed by atoms with Crippen molar-refractivity contribution in [3.05, 3.63) is 99.5 Å². The minimum atomic E-state index is -0.839. The first-order valence-corrected chi connectivity index (χ1v) is 13.5. The number of imide groups is 1. The molecule has 39 heavy (non-hydrogen) atoms. The van der Waals surface area contributed by atoms with Crippen molar-refractivity contribution >= 4 is 34.5 Å². The Kier molecular flexibility index (Phi) is 8.13. The maximum atomic E-state index is 13.7. The number of carbonyl (C=O) groups is 2. The molecule has 200 valence electrons. The summed E-state index contributed by atoms with van der Waals surface area (Å²) in [5.41, 5.74) is 3.30. The second kappa shape index (κ2) is 11.9. The number of aliphatic hydroxyl groups excluding tert-OH is 1. The van der Waals surface area contributed by atoms with E-state index < -0.39 is 18.1 Å². The van der Waals surface area contributed by atoms with E-state index in [4.69, 9.17) is 14.6 Å². The van der Waals surface area contributed by atoms with Crippen molar-refractivity contribution in [1.82, 2.24) is 20.2 Å². The van der Waals surface area contributed by atoms with Crippen LogP contribution < -0.4 is 14.8 Å². The summed E-state index contributed by atoms with van der Waals surface area (Å²) >= 11 is 2.25. The number of benzene rings is 3. The number of urea groups is 1. The number of aromatic amines is 1. The molecular formula is C29H27IN4O5. The molecule has 2 heterocycles. The Balaban J connectivity index is 1.45. The standard InChI is InChI=1S/C29H27IN4O5/c1-38-22-10-2-18(3-11-22)16-25(27-31-17-24(32-27)19-4-8-21(30)9-5-19)34-28(36)26(33-29(34)37)20-6-12-23(13-7-20)39-15-14-35/h2-13,17,25-26,35H,14-16H2,1H3,(H,31,32)(H,33,37)/t25-,26+/m0/s1. The summed E-state index contributed by atoms with van der Waals surface area (Å²) in [4.78, 5) is 36.2. The van der Waals surface area contributed by atoms with Gasteiger partial charge >= 0.3 is 6.03 Å². The highest BCUT2D eigenvalue weighted by Gasteiger charge is 2.44. The lowest BCUT2D eigenvalue weighted by Crippen LogP contribution is -2.36. The summed E-state index contributed by atoms with van der Waals surface area (Å²) < 4.78 is 11.8. The number of nitrogens with zero attached hydrogens (tertiary/aromatic N) is 2. The highest BCUT2D eigenvalue weighted by molar-refractivity contribution is 14.1. The number of halogens is 1. The van der Waals surface area contributed by atoms with Gasteiger partial charge in [-0.05, 0) is 75.7 Å². The van der Waals surface area contributed by atoms with Gasteiger partial charge in [-0.1, -0.05) is 36.4 Å². The lowest BCUT2D eigenvalue weighted by atomic mass is 10.0. The van der Waals surface area contributed by atoms with Gasteiger partial charge < -0.3 is 24.9 Å². The van der Waals surface area contributed by atoms with Gasteiger partial charge in [0, 0.05) is 9.99 Å². The van der Waals surface area contributed by atoms with Crippen LogP contribution in [0.4, 0.5) is 4.79 Å². The van der Waals surface area contributed by atoms with Gasteiger partial charge in [0.25, 0.3) is 5.91 Å². The lowest BCUT2D eigenvalue weighted by molar-refractivity contribution is -0.129. The average Bonchev–Trinajstić information content (AvgIpc) is 3.56. The van der Waals surface area contributed by atoms with Gasteiger partial charge in [-0.3, -0.25) is 9.69 Å². The molecule has 1 aromatic heterocycles. The van der Waals surface area contributed by atoms with Crippen LogP contribution in [-0.2, 0) is 11.2 Å². The Morgan fingerprint density at radius 2 is 1.69 bits per heavy atom. The third-order valence-electron chi connectivity index (χ3n) is 6.51. The van der Waals surface area contributed by atoms with E-state index in [9.17, 15) is 9.59 Å². The molecule has 1 aliphatic heterocycles. The van der Waals surface area contributed by atoms with Crippen LogP contribution in [0.3, 0.4) is 0 Å². The number of carbonyl (C=O) groups excluding carboxylic acids is 2. The Labute approximate surface area is 239 Å². The maximum absolute atomic E-state index is 13.7. The number of methoxy groups -OCH3 is 1. The van der Waals surface area contributed by atoms with E-state index in [2.05, 4.69) is 37.9 Å². The van der Waals surface area contributed by atoms with Crippen LogP contribution in [0, 0.1) is 3.57 Å². The van der Waals surface area contributed by atoms with E-state index in [1.165, 1.54) is 4.90 Å². The summed E-state index contributed by atoms with van der Waals surface area (Å²) in [6.07, 6.45) is 2.09. The van der Waals surface area contributed by atoms with Gasteiger partial charge in [0.15, 0.2) is 0 Å². The number of H-pyrrole nitrogens is 1. The molecule has 9 nitrogen and oxygen atoms in total. The van der Waals surface area contributed by atoms with Gasteiger partial charge in [0.05, 0.1) is 25.6 Å². The number of nitrogens with one attached hydrogen (secondary N) is 2. The molecule has 0 saturated carbocycles. The van der Waals surface area contributed by atoms with Crippen LogP contribution in [0.1, 0.15) is 29.0 Å². The van der Waals surface area contributed by atoms with Crippen molar-refractivity contribution in [2.45, 2.75) is 18.5 Å². The molecule has 4 aromatic rings. The highest BCUT2D eigenvalue weighted by Crippen LogP contribution is 2.33. The highest BCUT2D eigenvalue weighted by atomic mass is 127. The number of hydrogen-bond donors (Lipinski definition) is 3. The topological polar surface area (TPSA) is 117 Å². The molecule has 2 atom stereocenters. The van der Waals surface area contributed by atoms with E-state index in [1.54, 1.807) is 37.6 Å². The molecule has 0 spiro atoms. The van der Waals surface area contributed by atoms with Crippen molar-refractivity contribution in [1.29, 1.82) is 0 Å². The van der Waals surface area contributed by atoms with Gasteiger partial charge in [-0.15, -0.1) is 0 Å². The summed E-state index contributed by atoms with van der Waals surface area (Å²) in [5.74, 6) is 1.43. The fourth-order valence-corrected chi connectivity index (χ4v) is 4.87. The molecule has 10 heteroatoms. The molecule has 1 aliphatic rings. The van der Waals surface area contributed by atoms with Crippen LogP contribution in [0.15, 0.2) is 79.0 Å². The zero-order chi connectivity index (χ0) is 27.4. The Bertz CT molecular complexity index is 1440. The summed E-state index contributed by atoms with van der Waals surface area (Å²) in [7, 11) is 1.60. The van der Waals surface area contributed by atoms with Crippen molar-refractivity contribution < 1.29 is 24.2 Å². The quantitative estimate of drug-likeness (QED) is 0.172. The number of aromatic nitrogens is 2. The van der Waals surface area contributed by atoms with Crippen LogP contribution in [0.2, 0.25) is 0 Å². The summed E-state index contributed by atoms with van der Waals surface area (Å²) in [6.45, 7) is 0.0775. The summed E-state index contributed by atoms with van der Waals surface area (Å²) in [6, 6.07) is 20.4. The predicted octanol–water partition coefficient (Wildman–Crippen LogP) is 4.64. The van der Waals surface area contributed by atoms with Gasteiger partial charge in [0.1, 0.15) is 36.0 Å². The predicted molar refractivity (Wildman–Crippen MR) is 153 cm³/mol. The van der Waals surface area contributed by atoms with E-state index in [0.29, 0.717) is 23.6 Å². The number of amides is 3. The number of ether oxygens (including phenoxy) is 2. The van der Waals surface area contributed by atoms with Crippen molar-refractivity contribution in [3.8, 4) is 22.8 Å². The monoisotopic (exact) mass is 638 g/mol. The first kappa shape index (κ1) is 26.7. The minimum Gasteiger partial charge on any atom is -0.497 e. The first-order valence-electron chi connectivity index (χ1n) is 12.4. The molecule has 1 saturated heterocycles. The number of imidazole rings is 1. The maximum Gasteiger partial charge on any atom is 0.325 e. The molecule has 0 radical (unpaired) electrons. The van der Waals surface area contributed by atoms with Crippen molar-refractivity contribution in [2.75, 3.05) is 20.3 Å². The van der Waals surface area contributed by atoms with Gasteiger partial charge in [0.2, 0.25) is 0 Å². The number of rotatable bonds is 10. The zero-order valence-corrected chi connectivity index (χ0v) is 23.3. The lowest BCUT2D eigenvalue weighted by Gasteiger charge is -2.24. The minimum absolute atomic E-state index is 0.0957. The van der Waals surface area contributed by atoms with Crippen LogP contribution in [0.25, 0.3) is 11.3 Å². The SMILES string of the molecule is COc1ccc(C[C@@H](c2ncc(-c3ccc(I)cc3)[nH]2)N2C(=O)N[C@H](c3ccc(OCCO)cc3)C2=O)cc1. The Morgan fingerprint density at radius 3 is 2.36 bits per heavy atom. The first-order chi connectivity index (χ1) is 19.0. The normalized spacial score (nSPS) is 15.8. The van der Waals surface area contributed by atoms with Crippen molar-refractivity contribution in [2.24, 2.45) is 0 Å². The number of aliphatic hydroxyl groups is 1. The number of hydrogen-bond acceptors (Lipinski definition) is 6. The fourth-order valence-electron chi connectivity index (χ4n) is 4.51. The Morgan fingerprint density at radius 1 is 1.00 bits per heavy atom. The van der Waals surface area contributed by atoms with Crippen LogP contribution in [-0.4, -0.2) is 52.2 Å². The van der Waals surface area contributed by atoms with E-state index in [1.807, 2.05) is 48.5 Å². The van der Waals surface area contributed by atoms with Crippen LogP contribution in [0.5, 0.6) is 11.5 Å². The second-order valence-electron chi connectivity index (χ2n) is 8.99. The molecule has 5 rings (SSSR count). The molecular weight excluding hydrogens is 611 g/mol. The molecule has 3 amide bonds. The summed E-state index contributed by atoms with van der Waals surface area (Å²) in [5, 5.41) is 11.8.